The molecule has 9 heteroatoms. The molecule has 3 rings (SSSR count). The molecule has 0 heterocycles. The molecule has 1 aliphatic rings. The molecule has 5 nitrogen and oxygen atoms in total. The summed E-state index contributed by atoms with van der Waals surface area (Å²) >= 11 is 0. The fourth-order valence-electron chi connectivity index (χ4n) is 3.62. The first-order chi connectivity index (χ1) is 15.9. The van der Waals surface area contributed by atoms with Crippen molar-refractivity contribution < 1.29 is 21.6 Å². The second kappa shape index (κ2) is 10.0. The minimum atomic E-state index is -5.69. The van der Waals surface area contributed by atoms with Crippen molar-refractivity contribution in [2.45, 2.75) is 24.8 Å². The summed E-state index contributed by atoms with van der Waals surface area (Å²) in [6, 6.07) is 14.9. The van der Waals surface area contributed by atoms with Crippen LogP contribution in [0.4, 0.5) is 24.5 Å². The zero-order chi connectivity index (χ0) is 25.1. The Balaban J connectivity index is 2.09. The van der Waals surface area contributed by atoms with Crippen LogP contribution in [-0.4, -0.2) is 47.8 Å². The Bertz CT molecular complexity index is 1140. The highest BCUT2D eigenvalue weighted by molar-refractivity contribution is 7.91. The van der Waals surface area contributed by atoms with Gasteiger partial charge in [0.25, 0.3) is 0 Å². The van der Waals surface area contributed by atoms with Gasteiger partial charge in [-0.3, -0.25) is 0 Å². The van der Waals surface area contributed by atoms with Crippen LogP contribution in [0.3, 0.4) is 0 Å². The topological polar surface area (TPSA) is 53.0 Å². The third-order valence-electron chi connectivity index (χ3n) is 5.51. The fraction of sp³-hybridized carbons (Fsp3) is 0.320. The lowest BCUT2D eigenvalue weighted by Crippen LogP contribution is -2.24. The van der Waals surface area contributed by atoms with Crippen LogP contribution in [0.5, 0.6) is 0 Å². The van der Waals surface area contributed by atoms with Gasteiger partial charge in [0.1, 0.15) is 0 Å². The number of halogens is 3. The van der Waals surface area contributed by atoms with Crippen LogP contribution in [0.25, 0.3) is 12.2 Å². The Kier molecular flexibility index (Phi) is 7.55. The molecule has 0 unspecified atom stereocenters. The second-order valence-corrected chi connectivity index (χ2v) is 10.1. The molecule has 34 heavy (non-hydrogen) atoms. The standard InChI is InChI=1S/C25H28F3N3O2S/c1-30(2)22-12-8-18(9-13-22)16-20-6-5-7-21(24(20)29-34(32,33)25(26,27)28)17-19-10-14-23(15-11-19)31(3)4/h8-17H,5-7H2,1-4H3/b20-16+,21-17+. The summed E-state index contributed by atoms with van der Waals surface area (Å²) in [7, 11) is 1.93. The van der Waals surface area contributed by atoms with Crippen LogP contribution in [0.15, 0.2) is 64.1 Å². The van der Waals surface area contributed by atoms with Crippen LogP contribution in [0.1, 0.15) is 30.4 Å². The van der Waals surface area contributed by atoms with E-state index in [1.807, 2.05) is 86.5 Å². The van der Waals surface area contributed by atoms with Crippen molar-refractivity contribution in [3.63, 3.8) is 0 Å². The fourth-order valence-corrected chi connectivity index (χ4v) is 4.20. The van der Waals surface area contributed by atoms with Gasteiger partial charge in [0.2, 0.25) is 0 Å². The van der Waals surface area contributed by atoms with Gasteiger partial charge in [0, 0.05) is 39.6 Å². The Morgan fingerprint density at radius 1 is 0.765 bits per heavy atom. The molecule has 0 radical (unpaired) electrons. The van der Waals surface area contributed by atoms with Crippen molar-refractivity contribution in [1.82, 2.24) is 0 Å². The molecule has 182 valence electrons. The maximum absolute atomic E-state index is 13.2. The molecule has 0 bridgehead atoms. The molecule has 1 aliphatic carbocycles. The van der Waals surface area contributed by atoms with E-state index in [2.05, 4.69) is 4.40 Å². The maximum atomic E-state index is 13.2. The van der Waals surface area contributed by atoms with E-state index in [1.165, 1.54) is 0 Å². The quantitative estimate of drug-likeness (QED) is 0.534. The maximum Gasteiger partial charge on any atom is 0.518 e. The lowest BCUT2D eigenvalue weighted by Gasteiger charge is -2.21. The van der Waals surface area contributed by atoms with E-state index in [0.717, 1.165) is 22.5 Å². The molecule has 0 aromatic heterocycles. The van der Waals surface area contributed by atoms with Gasteiger partial charge in [0.15, 0.2) is 0 Å². The van der Waals surface area contributed by atoms with E-state index in [4.69, 9.17) is 0 Å². The van der Waals surface area contributed by atoms with E-state index in [9.17, 15) is 21.6 Å². The molecule has 2 aromatic rings. The molecular weight excluding hydrogens is 463 g/mol. The number of anilines is 2. The zero-order valence-electron chi connectivity index (χ0n) is 19.6. The Morgan fingerprint density at radius 3 is 1.47 bits per heavy atom. The van der Waals surface area contributed by atoms with Gasteiger partial charge in [-0.15, -0.1) is 0 Å². The highest BCUT2D eigenvalue weighted by atomic mass is 32.2. The van der Waals surface area contributed by atoms with Crippen molar-refractivity contribution in [2.75, 3.05) is 38.0 Å². The predicted octanol–water partition coefficient (Wildman–Crippen LogP) is 5.76. The smallest absolute Gasteiger partial charge is 0.378 e. The molecular formula is C25H28F3N3O2S. The van der Waals surface area contributed by atoms with E-state index < -0.39 is 15.5 Å². The molecule has 0 saturated heterocycles. The summed E-state index contributed by atoms with van der Waals surface area (Å²) in [5, 5.41) is 0. The summed E-state index contributed by atoms with van der Waals surface area (Å²) in [5.74, 6) is 0. The summed E-state index contributed by atoms with van der Waals surface area (Å²) in [5.41, 5.74) is -1.20. The number of nitrogens with zero attached hydrogens (tertiary/aromatic N) is 3. The minimum absolute atomic E-state index is 0.128. The Labute approximate surface area is 199 Å². The van der Waals surface area contributed by atoms with Crippen molar-refractivity contribution in [1.29, 1.82) is 0 Å². The monoisotopic (exact) mass is 491 g/mol. The molecule has 0 atom stereocenters. The van der Waals surface area contributed by atoms with Crippen molar-refractivity contribution in [3.8, 4) is 0 Å². The summed E-state index contributed by atoms with van der Waals surface area (Å²) in [4.78, 5) is 3.87. The number of allylic oxidation sites excluding steroid dienone is 2. The van der Waals surface area contributed by atoms with Crippen LogP contribution >= 0.6 is 0 Å². The lowest BCUT2D eigenvalue weighted by atomic mass is 9.86. The third-order valence-corrected chi connectivity index (χ3v) is 6.51. The van der Waals surface area contributed by atoms with Gasteiger partial charge in [-0.25, -0.2) is 0 Å². The number of hydrogen-bond acceptors (Lipinski definition) is 4. The first-order valence-corrected chi connectivity index (χ1v) is 12.2. The van der Waals surface area contributed by atoms with Crippen molar-refractivity contribution >= 4 is 39.3 Å². The first kappa shape index (κ1) is 25.6. The predicted molar refractivity (Wildman–Crippen MR) is 134 cm³/mol. The zero-order valence-corrected chi connectivity index (χ0v) is 20.4. The molecule has 1 saturated carbocycles. The van der Waals surface area contributed by atoms with Crippen LogP contribution in [0.2, 0.25) is 0 Å². The van der Waals surface area contributed by atoms with Gasteiger partial charge in [0.05, 0.1) is 5.71 Å². The summed E-state index contributed by atoms with van der Waals surface area (Å²) in [6.45, 7) is 0. The highest BCUT2D eigenvalue weighted by Gasteiger charge is 2.46. The number of alkyl halides is 3. The highest BCUT2D eigenvalue weighted by Crippen LogP contribution is 2.33. The normalized spacial score (nSPS) is 17.2. The van der Waals surface area contributed by atoms with E-state index in [1.54, 1.807) is 12.2 Å². The van der Waals surface area contributed by atoms with E-state index >= 15 is 0 Å². The van der Waals surface area contributed by atoms with Gasteiger partial charge in [-0.1, -0.05) is 24.3 Å². The Hall–Kier alpha value is -3.07. The number of rotatable bonds is 5. The van der Waals surface area contributed by atoms with E-state index in [0.29, 0.717) is 30.4 Å². The molecule has 0 aliphatic heterocycles. The largest absolute Gasteiger partial charge is 0.518 e. The minimum Gasteiger partial charge on any atom is -0.378 e. The number of hydrogen-bond donors (Lipinski definition) is 0. The molecule has 0 N–H and O–H groups in total. The molecule has 2 aromatic carbocycles. The van der Waals surface area contributed by atoms with Crippen molar-refractivity contribution in [2.24, 2.45) is 4.40 Å². The molecule has 1 fully saturated rings. The first-order valence-electron chi connectivity index (χ1n) is 10.8. The van der Waals surface area contributed by atoms with Gasteiger partial charge >= 0.3 is 15.5 Å². The average molecular weight is 492 g/mol. The summed E-state index contributed by atoms with van der Waals surface area (Å²) in [6.07, 6.45) is 4.96. The van der Waals surface area contributed by atoms with Gasteiger partial charge in [-0.2, -0.15) is 26.0 Å². The van der Waals surface area contributed by atoms with Gasteiger partial charge < -0.3 is 9.80 Å². The Morgan fingerprint density at radius 2 is 1.15 bits per heavy atom. The number of sulfonamides is 1. The second-order valence-electron chi connectivity index (χ2n) is 8.53. The lowest BCUT2D eigenvalue weighted by molar-refractivity contribution is -0.0435. The number of benzene rings is 2. The van der Waals surface area contributed by atoms with Crippen LogP contribution in [0, 0.1) is 0 Å². The van der Waals surface area contributed by atoms with Crippen LogP contribution < -0.4 is 9.80 Å². The van der Waals surface area contributed by atoms with Gasteiger partial charge in [-0.05, 0) is 78.0 Å². The molecule has 0 amide bonds. The SMILES string of the molecule is CN(C)c1ccc(/C=C2\CCC/C(=C\c3ccc(N(C)C)cc3)C2=NS(=O)(=O)C(F)(F)F)cc1. The molecule has 0 spiro atoms. The van der Waals surface area contributed by atoms with Crippen molar-refractivity contribution in [3.05, 3.63) is 70.8 Å². The van der Waals surface area contributed by atoms with Crippen LogP contribution in [-0.2, 0) is 10.0 Å². The summed E-state index contributed by atoms with van der Waals surface area (Å²) < 4.78 is 66.8. The third kappa shape index (κ3) is 6.08. The average Bonchev–Trinajstić information content (AvgIpc) is 2.76. The van der Waals surface area contributed by atoms with E-state index in [-0.39, 0.29) is 5.71 Å².